The number of hydrogen-bond acceptors (Lipinski definition) is 3. The summed E-state index contributed by atoms with van der Waals surface area (Å²) in [7, 11) is 1.60. The first kappa shape index (κ1) is 13.5. The van der Waals surface area contributed by atoms with Crippen LogP contribution in [0.1, 0.15) is 39.5 Å². The fraction of sp³-hybridized carbons (Fsp3) is 0.917. The second kappa shape index (κ2) is 5.64. The van der Waals surface area contributed by atoms with E-state index in [2.05, 4.69) is 19.2 Å². The summed E-state index contributed by atoms with van der Waals surface area (Å²) < 4.78 is 5.36. The van der Waals surface area contributed by atoms with E-state index in [1.165, 1.54) is 0 Å². The zero-order chi connectivity index (χ0) is 12.2. The lowest BCUT2D eigenvalue weighted by molar-refractivity contribution is -0.154. The van der Waals surface area contributed by atoms with E-state index >= 15 is 0 Å². The van der Waals surface area contributed by atoms with Gasteiger partial charge in [0.15, 0.2) is 0 Å². The van der Waals surface area contributed by atoms with Crippen molar-refractivity contribution >= 4 is 5.97 Å². The van der Waals surface area contributed by atoms with Crippen LogP contribution in [0.4, 0.5) is 0 Å². The highest BCUT2D eigenvalue weighted by atomic mass is 16.5. The molecule has 0 aromatic heterocycles. The van der Waals surface area contributed by atoms with Crippen molar-refractivity contribution < 1.29 is 14.6 Å². The molecule has 0 aliphatic heterocycles. The lowest BCUT2D eigenvalue weighted by Gasteiger charge is -2.41. The van der Waals surface area contributed by atoms with Crippen LogP contribution < -0.4 is 5.32 Å². The third-order valence-corrected chi connectivity index (χ3v) is 3.33. The average Bonchev–Trinajstić information content (AvgIpc) is 2.26. The smallest absolute Gasteiger partial charge is 0.326 e. The molecule has 0 spiro atoms. The number of carbonyl (C=O) groups is 1. The highest BCUT2D eigenvalue weighted by Gasteiger charge is 2.47. The zero-order valence-corrected chi connectivity index (χ0v) is 10.5. The summed E-state index contributed by atoms with van der Waals surface area (Å²) in [5, 5.41) is 12.7. The van der Waals surface area contributed by atoms with Crippen molar-refractivity contribution in [1.82, 2.24) is 5.32 Å². The van der Waals surface area contributed by atoms with Gasteiger partial charge in [-0.3, -0.25) is 10.1 Å². The Hall–Kier alpha value is -0.610. The third kappa shape index (κ3) is 2.74. The average molecular weight is 229 g/mol. The first-order valence-electron chi connectivity index (χ1n) is 6.04. The van der Waals surface area contributed by atoms with Crippen molar-refractivity contribution in [2.75, 3.05) is 13.7 Å². The highest BCUT2D eigenvalue weighted by Crippen LogP contribution is 2.31. The van der Waals surface area contributed by atoms with Gasteiger partial charge < -0.3 is 9.84 Å². The maximum atomic E-state index is 11.5. The Morgan fingerprint density at radius 1 is 1.56 bits per heavy atom. The van der Waals surface area contributed by atoms with Crippen LogP contribution in [-0.4, -0.2) is 36.4 Å². The molecule has 94 valence electrons. The number of ether oxygens (including phenoxy) is 1. The molecule has 2 unspecified atom stereocenters. The summed E-state index contributed by atoms with van der Waals surface area (Å²) in [6, 6.07) is 0. The number of methoxy groups -OCH3 is 1. The maximum Gasteiger partial charge on any atom is 0.326 e. The van der Waals surface area contributed by atoms with Crippen molar-refractivity contribution in [2.45, 2.75) is 51.2 Å². The highest BCUT2D eigenvalue weighted by molar-refractivity contribution is 5.80. The Balaban J connectivity index is 2.79. The molecular weight excluding hydrogens is 206 g/mol. The zero-order valence-electron chi connectivity index (χ0n) is 10.5. The molecule has 0 aromatic rings. The first-order chi connectivity index (χ1) is 7.53. The summed E-state index contributed by atoms with van der Waals surface area (Å²) in [5.74, 6) is -0.338. The van der Waals surface area contributed by atoms with Crippen molar-refractivity contribution in [3.63, 3.8) is 0 Å². The van der Waals surface area contributed by atoms with Gasteiger partial charge in [0.1, 0.15) is 5.54 Å². The normalized spacial score (nSPS) is 30.6. The molecule has 16 heavy (non-hydrogen) atoms. The summed E-state index contributed by atoms with van der Waals surface area (Å²) in [4.78, 5) is 11.5. The van der Waals surface area contributed by atoms with Crippen LogP contribution in [0.3, 0.4) is 0 Å². The van der Waals surface area contributed by atoms with Gasteiger partial charge in [0.25, 0.3) is 0 Å². The predicted octanol–water partition coefficient (Wildman–Crippen LogP) is 1.64. The van der Waals surface area contributed by atoms with Crippen LogP contribution in [0.15, 0.2) is 0 Å². The summed E-state index contributed by atoms with van der Waals surface area (Å²) in [5.41, 5.74) is -0.878. The fourth-order valence-electron chi connectivity index (χ4n) is 2.37. The largest absolute Gasteiger partial charge is 0.480 e. The minimum Gasteiger partial charge on any atom is -0.480 e. The molecule has 0 saturated heterocycles. The quantitative estimate of drug-likeness (QED) is 0.752. The van der Waals surface area contributed by atoms with Crippen molar-refractivity contribution in [2.24, 2.45) is 5.92 Å². The van der Waals surface area contributed by atoms with Crippen LogP contribution in [0, 0.1) is 5.92 Å². The molecule has 0 heterocycles. The van der Waals surface area contributed by atoms with Crippen LogP contribution in [-0.2, 0) is 9.53 Å². The Bertz CT molecular complexity index is 242. The van der Waals surface area contributed by atoms with Crippen molar-refractivity contribution in [1.29, 1.82) is 0 Å². The first-order valence-corrected chi connectivity index (χ1v) is 6.04. The SMILES string of the molecule is COC1CCCCC1(NCC(C)C)C(=O)O. The van der Waals surface area contributed by atoms with Crippen LogP contribution in [0.2, 0.25) is 0 Å². The summed E-state index contributed by atoms with van der Waals surface area (Å²) in [6.07, 6.45) is 3.28. The number of rotatable bonds is 5. The van der Waals surface area contributed by atoms with Gasteiger partial charge in [-0.1, -0.05) is 26.7 Å². The Kier molecular flexibility index (Phi) is 4.74. The monoisotopic (exact) mass is 229 g/mol. The molecule has 1 aliphatic rings. The van der Waals surface area contributed by atoms with Crippen molar-refractivity contribution in [3.8, 4) is 0 Å². The molecule has 1 rings (SSSR count). The molecule has 2 N–H and O–H groups in total. The third-order valence-electron chi connectivity index (χ3n) is 3.33. The van der Waals surface area contributed by atoms with E-state index in [0.29, 0.717) is 18.9 Å². The van der Waals surface area contributed by atoms with Crippen molar-refractivity contribution in [3.05, 3.63) is 0 Å². The minimum absolute atomic E-state index is 0.211. The van der Waals surface area contributed by atoms with Crippen LogP contribution in [0.5, 0.6) is 0 Å². The molecule has 4 nitrogen and oxygen atoms in total. The fourth-order valence-corrected chi connectivity index (χ4v) is 2.37. The second-order valence-electron chi connectivity index (χ2n) is 5.02. The molecule has 0 aromatic carbocycles. The van der Waals surface area contributed by atoms with Crippen LogP contribution in [0.25, 0.3) is 0 Å². The topological polar surface area (TPSA) is 58.6 Å². The Morgan fingerprint density at radius 2 is 2.25 bits per heavy atom. The Labute approximate surface area is 97.4 Å². The maximum absolute atomic E-state index is 11.5. The van der Waals surface area contributed by atoms with E-state index in [1.54, 1.807) is 7.11 Å². The van der Waals surface area contributed by atoms with Gasteiger partial charge in [-0.15, -0.1) is 0 Å². The van der Waals surface area contributed by atoms with Gasteiger partial charge >= 0.3 is 5.97 Å². The molecule has 1 aliphatic carbocycles. The molecule has 0 radical (unpaired) electrons. The molecule has 1 fully saturated rings. The van der Waals surface area contributed by atoms with Gasteiger partial charge in [0, 0.05) is 7.11 Å². The van der Waals surface area contributed by atoms with Gasteiger partial charge in [0.05, 0.1) is 6.10 Å². The lowest BCUT2D eigenvalue weighted by Crippen LogP contribution is -2.62. The summed E-state index contributed by atoms with van der Waals surface area (Å²) >= 11 is 0. The van der Waals surface area contributed by atoms with Gasteiger partial charge in [0.2, 0.25) is 0 Å². The number of nitrogens with one attached hydrogen (secondary N) is 1. The molecular formula is C12H23NO3. The van der Waals surface area contributed by atoms with Gasteiger partial charge in [-0.05, 0) is 25.3 Å². The molecule has 2 atom stereocenters. The number of carboxylic acids is 1. The van der Waals surface area contributed by atoms with E-state index < -0.39 is 11.5 Å². The summed E-state index contributed by atoms with van der Waals surface area (Å²) in [6.45, 7) is 4.87. The predicted molar refractivity (Wildman–Crippen MR) is 62.5 cm³/mol. The lowest BCUT2D eigenvalue weighted by atomic mass is 9.78. The van der Waals surface area contributed by atoms with Gasteiger partial charge in [-0.2, -0.15) is 0 Å². The van der Waals surface area contributed by atoms with E-state index in [1.807, 2.05) is 0 Å². The van der Waals surface area contributed by atoms with Crippen LogP contribution >= 0.6 is 0 Å². The number of aliphatic carboxylic acids is 1. The number of hydrogen-bond donors (Lipinski definition) is 2. The Morgan fingerprint density at radius 3 is 2.75 bits per heavy atom. The second-order valence-corrected chi connectivity index (χ2v) is 5.02. The van der Waals surface area contributed by atoms with E-state index in [0.717, 1.165) is 19.3 Å². The standard InChI is InChI=1S/C12H23NO3/c1-9(2)8-13-12(11(14)15)7-5-4-6-10(12)16-3/h9-10,13H,4-8H2,1-3H3,(H,14,15). The molecule has 1 saturated carbocycles. The van der Waals surface area contributed by atoms with E-state index in [4.69, 9.17) is 4.74 Å². The molecule has 0 bridgehead atoms. The minimum atomic E-state index is -0.878. The van der Waals surface area contributed by atoms with E-state index in [9.17, 15) is 9.90 Å². The number of carboxylic acid groups (broad SMARTS) is 1. The molecule has 0 amide bonds. The van der Waals surface area contributed by atoms with Gasteiger partial charge in [-0.25, -0.2) is 0 Å². The molecule has 4 heteroatoms. The van der Waals surface area contributed by atoms with E-state index in [-0.39, 0.29) is 6.10 Å².